The Bertz CT molecular complexity index is 140. The predicted molar refractivity (Wildman–Crippen MR) is 43.0 cm³/mol. The van der Waals surface area contributed by atoms with Crippen molar-refractivity contribution < 1.29 is 4.79 Å². The summed E-state index contributed by atoms with van der Waals surface area (Å²) in [5.41, 5.74) is 0. The zero-order valence-electron chi connectivity index (χ0n) is 6.55. The fourth-order valence-electron chi connectivity index (χ4n) is 1.22. The number of hydrogen-bond donors (Lipinski definition) is 1. The first-order chi connectivity index (χ1) is 4.70. The fraction of sp³-hybridized carbons (Fsp3) is 0.833. The fourth-order valence-corrected chi connectivity index (χ4v) is 1.22. The summed E-state index contributed by atoms with van der Waals surface area (Å²) in [7, 11) is 1.62. The van der Waals surface area contributed by atoms with Gasteiger partial charge in [-0.15, -0.1) is 0 Å². The highest BCUT2D eigenvalue weighted by molar-refractivity contribution is 6.56. The lowest BCUT2D eigenvalue weighted by atomic mass is 10.1. The summed E-state index contributed by atoms with van der Waals surface area (Å²) >= 11 is 0. The highest BCUT2D eigenvalue weighted by Gasteiger charge is 2.16. The molecule has 0 unspecified atom stereocenters. The maximum absolute atomic E-state index is 10.8. The van der Waals surface area contributed by atoms with Gasteiger partial charge in [-0.25, -0.2) is 0 Å². The van der Waals surface area contributed by atoms with Crippen molar-refractivity contribution in [2.24, 2.45) is 0 Å². The van der Waals surface area contributed by atoms with Gasteiger partial charge in [0.1, 0.15) is 0 Å². The molecule has 1 fully saturated rings. The maximum Gasteiger partial charge on any atom is 0.215 e. The van der Waals surface area contributed by atoms with Gasteiger partial charge in [0.05, 0.1) is 0 Å². The van der Waals surface area contributed by atoms with E-state index in [9.17, 15) is 4.79 Å². The SMILES string of the molecule is BC(=O)N1CCN[C@@H](C)C1. The Morgan fingerprint density at radius 3 is 2.90 bits per heavy atom. The lowest BCUT2D eigenvalue weighted by Crippen LogP contribution is -2.51. The smallest absolute Gasteiger partial charge is 0.215 e. The third-order valence-electron chi connectivity index (χ3n) is 1.81. The number of rotatable bonds is 0. The molecule has 1 saturated heterocycles. The monoisotopic (exact) mass is 140 g/mol. The van der Waals surface area contributed by atoms with E-state index in [1.807, 2.05) is 4.90 Å². The zero-order chi connectivity index (χ0) is 7.56. The van der Waals surface area contributed by atoms with Crippen LogP contribution >= 0.6 is 0 Å². The van der Waals surface area contributed by atoms with Crippen molar-refractivity contribution in [2.45, 2.75) is 13.0 Å². The van der Waals surface area contributed by atoms with E-state index in [0.29, 0.717) is 6.04 Å². The number of carbonyl (C=O) groups excluding carboxylic acids is 1. The van der Waals surface area contributed by atoms with Crippen LogP contribution in [0.4, 0.5) is 4.79 Å². The van der Waals surface area contributed by atoms with Crippen LogP contribution in [0.1, 0.15) is 6.92 Å². The minimum Gasteiger partial charge on any atom is -0.349 e. The van der Waals surface area contributed by atoms with Crippen LogP contribution in [0.3, 0.4) is 0 Å². The Hall–Kier alpha value is -0.505. The molecule has 1 aliphatic heterocycles. The van der Waals surface area contributed by atoms with Gasteiger partial charge in [-0.05, 0) is 6.92 Å². The third kappa shape index (κ3) is 1.74. The topological polar surface area (TPSA) is 32.3 Å². The van der Waals surface area contributed by atoms with Crippen LogP contribution in [0.25, 0.3) is 0 Å². The Labute approximate surface area is 62.2 Å². The second kappa shape index (κ2) is 3.06. The lowest BCUT2D eigenvalue weighted by Gasteiger charge is -2.31. The van der Waals surface area contributed by atoms with E-state index in [-0.39, 0.29) is 5.81 Å². The first kappa shape index (κ1) is 7.60. The molecule has 0 aromatic heterocycles. The summed E-state index contributed by atoms with van der Waals surface area (Å²) in [5.74, 6) is 0.188. The summed E-state index contributed by atoms with van der Waals surface area (Å²) in [6.45, 7) is 4.74. The molecular weight excluding hydrogens is 127 g/mol. The normalized spacial score (nSPS) is 26.5. The molecule has 1 atom stereocenters. The summed E-state index contributed by atoms with van der Waals surface area (Å²) in [6, 6.07) is 0.456. The van der Waals surface area contributed by atoms with Crippen molar-refractivity contribution >= 4 is 13.7 Å². The largest absolute Gasteiger partial charge is 0.349 e. The number of nitrogens with one attached hydrogen (secondary N) is 1. The van der Waals surface area contributed by atoms with Gasteiger partial charge < -0.3 is 10.2 Å². The molecule has 0 aliphatic carbocycles. The van der Waals surface area contributed by atoms with Crippen LogP contribution in [0, 0.1) is 0 Å². The van der Waals surface area contributed by atoms with E-state index >= 15 is 0 Å². The molecule has 1 aliphatic rings. The number of hydrogen-bond acceptors (Lipinski definition) is 2. The molecule has 1 rings (SSSR count). The Morgan fingerprint density at radius 2 is 2.50 bits per heavy atom. The molecule has 1 N–H and O–H groups in total. The summed E-state index contributed by atoms with van der Waals surface area (Å²) in [4.78, 5) is 12.7. The van der Waals surface area contributed by atoms with E-state index < -0.39 is 0 Å². The van der Waals surface area contributed by atoms with Crippen LogP contribution in [0.15, 0.2) is 0 Å². The van der Waals surface area contributed by atoms with Gasteiger partial charge in [0.15, 0.2) is 5.81 Å². The molecule has 0 saturated carbocycles. The molecule has 10 heavy (non-hydrogen) atoms. The molecule has 1 heterocycles. The first-order valence-corrected chi connectivity index (χ1v) is 3.69. The second-order valence-electron chi connectivity index (χ2n) is 2.82. The standard InChI is InChI=1S/C6H13BN2O/c1-5-4-9(6(7)10)3-2-8-5/h5,8H,2-4,7H2,1H3/t5-/m0/s1. The van der Waals surface area contributed by atoms with Gasteiger partial charge >= 0.3 is 0 Å². The lowest BCUT2D eigenvalue weighted by molar-refractivity contribution is 0.202. The number of piperazine rings is 1. The average Bonchev–Trinajstić information content (AvgIpc) is 1.88. The van der Waals surface area contributed by atoms with Crippen molar-refractivity contribution in [3.63, 3.8) is 0 Å². The van der Waals surface area contributed by atoms with Crippen molar-refractivity contribution in [2.75, 3.05) is 19.6 Å². The molecule has 0 radical (unpaired) electrons. The van der Waals surface area contributed by atoms with Gasteiger partial charge in [-0.2, -0.15) is 0 Å². The van der Waals surface area contributed by atoms with Crippen LogP contribution in [0.2, 0.25) is 0 Å². The molecule has 0 spiro atoms. The Kier molecular flexibility index (Phi) is 2.32. The van der Waals surface area contributed by atoms with Gasteiger partial charge in [-0.1, -0.05) is 0 Å². The molecule has 1 amide bonds. The van der Waals surface area contributed by atoms with Gasteiger partial charge in [-0.3, -0.25) is 4.79 Å². The molecule has 0 aromatic rings. The highest BCUT2D eigenvalue weighted by Crippen LogP contribution is 1.97. The third-order valence-corrected chi connectivity index (χ3v) is 1.81. The van der Waals surface area contributed by atoms with E-state index in [4.69, 9.17) is 0 Å². The number of carbonyl (C=O) groups is 1. The van der Waals surface area contributed by atoms with E-state index in [1.165, 1.54) is 0 Å². The van der Waals surface area contributed by atoms with Crippen LogP contribution in [-0.2, 0) is 0 Å². The molecule has 4 heteroatoms. The molecule has 56 valence electrons. The van der Waals surface area contributed by atoms with Gasteiger partial charge in [0, 0.05) is 25.7 Å². The van der Waals surface area contributed by atoms with Crippen LogP contribution in [-0.4, -0.2) is 44.2 Å². The zero-order valence-corrected chi connectivity index (χ0v) is 6.55. The number of amides is 1. The molecule has 0 aromatic carbocycles. The summed E-state index contributed by atoms with van der Waals surface area (Å²) in [6.07, 6.45) is 0. The Balaban J connectivity index is 2.39. The van der Waals surface area contributed by atoms with Gasteiger partial charge in [0.25, 0.3) is 0 Å². The molecule has 0 bridgehead atoms. The Morgan fingerprint density at radius 1 is 1.80 bits per heavy atom. The average molecular weight is 140 g/mol. The predicted octanol–water partition coefficient (Wildman–Crippen LogP) is -0.967. The van der Waals surface area contributed by atoms with Crippen LogP contribution < -0.4 is 5.32 Å². The summed E-state index contributed by atoms with van der Waals surface area (Å²) < 4.78 is 0. The molecular formula is C6H13BN2O. The first-order valence-electron chi connectivity index (χ1n) is 3.69. The van der Waals surface area contributed by atoms with E-state index in [1.54, 1.807) is 7.85 Å². The molecule has 3 nitrogen and oxygen atoms in total. The second-order valence-corrected chi connectivity index (χ2v) is 2.82. The quantitative estimate of drug-likeness (QED) is 0.439. The van der Waals surface area contributed by atoms with Crippen LogP contribution in [0.5, 0.6) is 0 Å². The van der Waals surface area contributed by atoms with Gasteiger partial charge in [0.2, 0.25) is 7.85 Å². The van der Waals surface area contributed by atoms with E-state index in [0.717, 1.165) is 19.6 Å². The highest BCUT2D eigenvalue weighted by atomic mass is 16.1. The summed E-state index contributed by atoms with van der Waals surface area (Å²) in [5, 5.41) is 3.27. The van der Waals surface area contributed by atoms with Crippen molar-refractivity contribution in [3.8, 4) is 0 Å². The van der Waals surface area contributed by atoms with E-state index in [2.05, 4.69) is 12.2 Å². The maximum atomic E-state index is 10.8. The minimum absolute atomic E-state index is 0.188. The minimum atomic E-state index is 0.188. The van der Waals surface area contributed by atoms with Crippen molar-refractivity contribution in [1.29, 1.82) is 0 Å². The van der Waals surface area contributed by atoms with Crippen molar-refractivity contribution in [1.82, 2.24) is 10.2 Å². The van der Waals surface area contributed by atoms with Crippen molar-refractivity contribution in [3.05, 3.63) is 0 Å². The number of nitrogens with zero attached hydrogens (tertiary/aromatic N) is 1.